The first kappa shape index (κ1) is 17.6. The molecule has 3 aromatic rings. The van der Waals surface area contributed by atoms with Gasteiger partial charge in [0.15, 0.2) is 5.43 Å². The number of rotatable bonds is 5. The Balaban J connectivity index is 1.79. The molecule has 27 heavy (non-hydrogen) atoms. The molecule has 5 nitrogen and oxygen atoms in total. The Hall–Kier alpha value is -2.79. The molecule has 138 valence electrons. The molecule has 0 fully saturated rings. The molecule has 6 heteroatoms. The fourth-order valence-corrected chi connectivity index (χ4v) is 3.42. The van der Waals surface area contributed by atoms with Crippen molar-refractivity contribution in [3.63, 3.8) is 0 Å². The molecule has 0 saturated heterocycles. The third-order valence-corrected chi connectivity index (χ3v) is 4.85. The number of fused-ring (bicyclic) bond motifs is 2. The molecule has 0 spiro atoms. The molecule has 0 saturated carbocycles. The number of benzene rings is 2. The number of nitrogens with one attached hydrogen (secondary N) is 1. The minimum absolute atomic E-state index is 0.0529. The van der Waals surface area contributed by atoms with Crippen LogP contribution in [0.2, 0.25) is 5.02 Å². The maximum Gasteiger partial charge on any atom is 0.288 e. The summed E-state index contributed by atoms with van der Waals surface area (Å²) in [4.78, 5) is 25.5. The third kappa shape index (κ3) is 3.19. The summed E-state index contributed by atoms with van der Waals surface area (Å²) in [5, 5.41) is 3.64. The van der Waals surface area contributed by atoms with Crippen molar-refractivity contribution < 1.29 is 13.9 Å². The summed E-state index contributed by atoms with van der Waals surface area (Å²) in [7, 11) is 0. The maximum absolute atomic E-state index is 13.1. The minimum Gasteiger partial charge on any atom is -0.494 e. The van der Waals surface area contributed by atoms with Gasteiger partial charge in [0.05, 0.1) is 23.6 Å². The highest BCUT2D eigenvalue weighted by Gasteiger charge is 2.36. The van der Waals surface area contributed by atoms with Crippen LogP contribution < -0.4 is 15.5 Å². The Labute approximate surface area is 160 Å². The van der Waals surface area contributed by atoms with Crippen molar-refractivity contribution in [2.45, 2.75) is 25.8 Å². The first-order valence-electron chi connectivity index (χ1n) is 8.88. The summed E-state index contributed by atoms with van der Waals surface area (Å²) < 4.78 is 11.5. The lowest BCUT2D eigenvalue weighted by Crippen LogP contribution is -2.22. The molecule has 1 N–H and O–H groups in total. The van der Waals surface area contributed by atoms with E-state index >= 15 is 0 Å². The zero-order valence-electron chi connectivity index (χ0n) is 14.8. The van der Waals surface area contributed by atoms with E-state index in [2.05, 4.69) is 12.2 Å². The van der Waals surface area contributed by atoms with Crippen LogP contribution in [0, 0.1) is 0 Å². The number of halogens is 1. The van der Waals surface area contributed by atoms with Crippen LogP contribution in [0.3, 0.4) is 0 Å². The number of carbonyl (C=O) groups excluding carboxylic acids is 1. The van der Waals surface area contributed by atoms with Crippen molar-refractivity contribution in [3.8, 4) is 5.75 Å². The SMILES string of the molecule is CCCCOc1cccc(C2NC(=O)c3oc4ccc(Cl)cc4c(=O)c32)c1. The minimum atomic E-state index is -0.582. The van der Waals surface area contributed by atoms with Crippen LogP contribution in [0.4, 0.5) is 0 Å². The second kappa shape index (κ2) is 7.08. The topological polar surface area (TPSA) is 68.5 Å². The lowest BCUT2D eigenvalue weighted by Gasteiger charge is -2.13. The van der Waals surface area contributed by atoms with Crippen molar-refractivity contribution in [1.29, 1.82) is 0 Å². The van der Waals surface area contributed by atoms with Crippen molar-refractivity contribution in [1.82, 2.24) is 5.32 Å². The molecule has 4 rings (SSSR count). The molecule has 1 atom stereocenters. The van der Waals surface area contributed by atoms with Crippen LogP contribution in [0.15, 0.2) is 51.7 Å². The first-order chi connectivity index (χ1) is 13.1. The van der Waals surface area contributed by atoms with Crippen LogP contribution in [0.1, 0.15) is 47.5 Å². The quantitative estimate of drug-likeness (QED) is 0.660. The van der Waals surface area contributed by atoms with E-state index in [1.54, 1.807) is 18.2 Å². The maximum atomic E-state index is 13.1. The second-order valence-electron chi connectivity index (χ2n) is 6.50. The molecule has 0 aliphatic carbocycles. The average Bonchev–Trinajstić information content (AvgIpc) is 3.00. The number of carbonyl (C=O) groups is 1. The van der Waals surface area contributed by atoms with Gasteiger partial charge in [-0.2, -0.15) is 0 Å². The number of hydrogen-bond acceptors (Lipinski definition) is 4. The highest BCUT2D eigenvalue weighted by Crippen LogP contribution is 2.32. The number of ether oxygens (including phenoxy) is 1. The zero-order valence-corrected chi connectivity index (χ0v) is 15.5. The predicted molar refractivity (Wildman–Crippen MR) is 104 cm³/mol. The summed E-state index contributed by atoms with van der Waals surface area (Å²) in [5.74, 6) is 0.357. The Morgan fingerprint density at radius 3 is 2.85 bits per heavy atom. The van der Waals surface area contributed by atoms with Gasteiger partial charge in [0, 0.05) is 5.02 Å². The Morgan fingerprint density at radius 1 is 1.19 bits per heavy atom. The first-order valence-corrected chi connectivity index (χ1v) is 9.26. The molecule has 1 amide bonds. The Morgan fingerprint density at radius 2 is 2.04 bits per heavy atom. The average molecular weight is 384 g/mol. The Kier molecular flexibility index (Phi) is 4.62. The molecule has 1 unspecified atom stereocenters. The van der Waals surface area contributed by atoms with Gasteiger partial charge >= 0.3 is 0 Å². The Bertz CT molecular complexity index is 1090. The van der Waals surface area contributed by atoms with Crippen molar-refractivity contribution >= 4 is 28.5 Å². The van der Waals surface area contributed by atoms with Gasteiger partial charge in [0.25, 0.3) is 5.91 Å². The van der Waals surface area contributed by atoms with Gasteiger partial charge in [-0.05, 0) is 42.3 Å². The number of amides is 1. The number of unbranched alkanes of at least 4 members (excludes halogenated alkanes) is 1. The number of hydrogen-bond donors (Lipinski definition) is 1. The van der Waals surface area contributed by atoms with Crippen molar-refractivity contribution in [3.05, 3.63) is 74.6 Å². The van der Waals surface area contributed by atoms with E-state index in [1.807, 2.05) is 24.3 Å². The lowest BCUT2D eigenvalue weighted by molar-refractivity contribution is 0.0938. The third-order valence-electron chi connectivity index (χ3n) is 4.62. The summed E-state index contributed by atoms with van der Waals surface area (Å²) in [6.07, 6.45) is 2.01. The summed E-state index contributed by atoms with van der Waals surface area (Å²) in [5.41, 5.74) is 1.16. The monoisotopic (exact) mass is 383 g/mol. The fourth-order valence-electron chi connectivity index (χ4n) is 3.25. The van der Waals surface area contributed by atoms with E-state index in [-0.39, 0.29) is 11.2 Å². The van der Waals surface area contributed by atoms with E-state index in [1.165, 1.54) is 0 Å². The van der Waals surface area contributed by atoms with Crippen LogP contribution in [-0.2, 0) is 0 Å². The van der Waals surface area contributed by atoms with Gasteiger partial charge in [-0.1, -0.05) is 37.1 Å². The predicted octanol–water partition coefficient (Wildman–Crippen LogP) is 4.46. The van der Waals surface area contributed by atoms with Gasteiger partial charge in [-0.3, -0.25) is 9.59 Å². The van der Waals surface area contributed by atoms with E-state index < -0.39 is 11.9 Å². The van der Waals surface area contributed by atoms with Gasteiger partial charge < -0.3 is 14.5 Å². The molecular formula is C21H18ClNO4. The van der Waals surface area contributed by atoms with Crippen LogP contribution in [0.25, 0.3) is 11.0 Å². The lowest BCUT2D eigenvalue weighted by atomic mass is 9.99. The molecular weight excluding hydrogens is 366 g/mol. The second-order valence-corrected chi connectivity index (χ2v) is 6.93. The normalized spacial score (nSPS) is 15.6. The molecule has 2 aromatic carbocycles. The van der Waals surface area contributed by atoms with E-state index in [4.69, 9.17) is 20.8 Å². The van der Waals surface area contributed by atoms with E-state index in [0.29, 0.717) is 33.9 Å². The van der Waals surface area contributed by atoms with Crippen LogP contribution >= 0.6 is 11.6 Å². The zero-order chi connectivity index (χ0) is 19.0. The fraction of sp³-hybridized carbons (Fsp3) is 0.238. The largest absolute Gasteiger partial charge is 0.494 e. The molecule has 1 aromatic heterocycles. The molecule has 0 radical (unpaired) electrons. The summed E-state index contributed by atoms with van der Waals surface area (Å²) in [6, 6.07) is 11.6. The highest BCUT2D eigenvalue weighted by atomic mass is 35.5. The van der Waals surface area contributed by atoms with Gasteiger partial charge in [0.1, 0.15) is 11.3 Å². The van der Waals surface area contributed by atoms with Gasteiger partial charge in [-0.15, -0.1) is 0 Å². The molecule has 1 aliphatic rings. The summed E-state index contributed by atoms with van der Waals surface area (Å²) >= 11 is 6.03. The van der Waals surface area contributed by atoms with Gasteiger partial charge in [-0.25, -0.2) is 0 Å². The standard InChI is InChI=1S/C21H18ClNO4/c1-2-3-9-26-14-6-4-5-12(10-14)18-17-19(24)15-11-13(22)7-8-16(15)27-20(17)21(25)23-18/h4-8,10-11,18H,2-3,9H2,1H3,(H,23,25). The molecule has 0 bridgehead atoms. The summed E-state index contributed by atoms with van der Waals surface area (Å²) in [6.45, 7) is 2.72. The van der Waals surface area contributed by atoms with Gasteiger partial charge in [0.2, 0.25) is 5.76 Å². The van der Waals surface area contributed by atoms with E-state index in [9.17, 15) is 9.59 Å². The van der Waals surface area contributed by atoms with Crippen molar-refractivity contribution in [2.24, 2.45) is 0 Å². The molecule has 1 aliphatic heterocycles. The van der Waals surface area contributed by atoms with E-state index in [0.717, 1.165) is 18.4 Å². The van der Waals surface area contributed by atoms with Crippen LogP contribution in [0.5, 0.6) is 5.75 Å². The highest BCUT2D eigenvalue weighted by molar-refractivity contribution is 6.31. The smallest absolute Gasteiger partial charge is 0.288 e. The van der Waals surface area contributed by atoms with Crippen molar-refractivity contribution in [2.75, 3.05) is 6.61 Å². The van der Waals surface area contributed by atoms with Crippen LogP contribution in [-0.4, -0.2) is 12.5 Å². The molecule has 2 heterocycles.